The van der Waals surface area contributed by atoms with E-state index in [2.05, 4.69) is 0 Å². The summed E-state index contributed by atoms with van der Waals surface area (Å²) >= 11 is 0. The van der Waals surface area contributed by atoms with Gasteiger partial charge in [-0.3, -0.25) is 4.79 Å². The van der Waals surface area contributed by atoms with Crippen LogP contribution >= 0.6 is 0 Å². The van der Waals surface area contributed by atoms with Crippen LogP contribution in [0.1, 0.15) is 29.3 Å². The zero-order valence-electron chi connectivity index (χ0n) is 16.8. The molecule has 0 fully saturated rings. The third-order valence-electron chi connectivity index (χ3n) is 4.36. The lowest BCUT2D eigenvalue weighted by molar-refractivity contribution is 0.103. The van der Waals surface area contributed by atoms with E-state index >= 15 is 0 Å². The van der Waals surface area contributed by atoms with Gasteiger partial charge in [0.05, 0.1) is 27.0 Å². The zero-order chi connectivity index (χ0) is 20.0. The molecule has 2 aromatic carbocycles. The highest BCUT2D eigenvalue weighted by Crippen LogP contribution is 2.31. The largest absolute Gasteiger partial charge is 0.497 e. The van der Waals surface area contributed by atoms with Crippen molar-refractivity contribution in [1.82, 2.24) is 0 Å². The van der Waals surface area contributed by atoms with Crippen LogP contribution in [0, 0.1) is 0 Å². The first-order chi connectivity index (χ1) is 12.9. The van der Waals surface area contributed by atoms with Crippen molar-refractivity contribution in [2.45, 2.75) is 13.3 Å². The van der Waals surface area contributed by atoms with Crippen molar-refractivity contribution in [2.24, 2.45) is 0 Å². The van der Waals surface area contributed by atoms with Crippen LogP contribution in [-0.4, -0.2) is 41.2 Å². The first-order valence-electron chi connectivity index (χ1n) is 8.77. The molecule has 0 aliphatic rings. The average molecular weight is 369 g/mol. The van der Waals surface area contributed by atoms with Crippen molar-refractivity contribution in [2.75, 3.05) is 40.3 Å². The Morgan fingerprint density at radius 3 is 2.19 bits per heavy atom. The van der Waals surface area contributed by atoms with Crippen molar-refractivity contribution in [3.63, 3.8) is 0 Å². The normalized spacial score (nSPS) is 11.1. The highest BCUT2D eigenvalue weighted by molar-refractivity contribution is 6.12. The molecule has 5 nitrogen and oxygen atoms in total. The molecule has 0 aromatic heterocycles. The van der Waals surface area contributed by atoms with Crippen LogP contribution in [-0.2, 0) is 0 Å². The third-order valence-corrected chi connectivity index (χ3v) is 4.36. The van der Waals surface area contributed by atoms with Gasteiger partial charge in [-0.15, -0.1) is 0 Å². The van der Waals surface area contributed by atoms with Crippen LogP contribution in [0.2, 0.25) is 0 Å². The van der Waals surface area contributed by atoms with Gasteiger partial charge in [-0.25, -0.2) is 0 Å². The maximum absolute atomic E-state index is 13.1. The molecule has 2 aromatic rings. The molecule has 0 radical (unpaired) electrons. The molecule has 144 valence electrons. The maximum Gasteiger partial charge on any atom is 0.189 e. The molecule has 0 spiro atoms. The summed E-state index contributed by atoms with van der Waals surface area (Å²) in [6.45, 7) is 1.97. The number of hydrogen-bond donors (Lipinski definition) is 0. The van der Waals surface area contributed by atoms with Gasteiger partial charge in [-0.2, -0.15) is 0 Å². The molecule has 0 bridgehead atoms. The molecule has 0 saturated heterocycles. The Labute approximate surface area is 161 Å². The third kappa shape index (κ3) is 4.61. The number of anilines is 1. The molecule has 5 heteroatoms. The van der Waals surface area contributed by atoms with Crippen LogP contribution in [0.5, 0.6) is 17.2 Å². The number of hydrogen-bond acceptors (Lipinski definition) is 5. The number of carbonyl (C=O) groups is 1. The van der Waals surface area contributed by atoms with Crippen LogP contribution in [0.3, 0.4) is 0 Å². The number of Topliss-reactive ketones (excluding diaryl/α,β-unsaturated/α-hetero) is 1. The minimum absolute atomic E-state index is 0.0203. The minimum Gasteiger partial charge on any atom is -0.497 e. The summed E-state index contributed by atoms with van der Waals surface area (Å²) in [5, 5.41) is 0. The van der Waals surface area contributed by atoms with Crippen molar-refractivity contribution in [1.29, 1.82) is 0 Å². The first kappa shape index (κ1) is 20.4. The molecule has 0 saturated carbocycles. The summed E-state index contributed by atoms with van der Waals surface area (Å²) < 4.78 is 16.1. The fourth-order valence-electron chi connectivity index (χ4n) is 2.83. The molecule has 2 rings (SSSR count). The van der Waals surface area contributed by atoms with Gasteiger partial charge >= 0.3 is 0 Å². The van der Waals surface area contributed by atoms with Crippen molar-refractivity contribution in [3.05, 3.63) is 53.1 Å². The predicted molar refractivity (Wildman–Crippen MR) is 109 cm³/mol. The lowest BCUT2D eigenvalue weighted by Gasteiger charge is -2.17. The average Bonchev–Trinajstić information content (AvgIpc) is 2.70. The second-order valence-electron chi connectivity index (χ2n) is 6.24. The zero-order valence-corrected chi connectivity index (χ0v) is 16.8. The van der Waals surface area contributed by atoms with Gasteiger partial charge in [0.15, 0.2) is 5.78 Å². The van der Waals surface area contributed by atoms with Gasteiger partial charge in [0.1, 0.15) is 17.2 Å². The summed E-state index contributed by atoms with van der Waals surface area (Å²) in [4.78, 5) is 15.0. The van der Waals surface area contributed by atoms with Crippen molar-refractivity contribution < 1.29 is 19.0 Å². The second kappa shape index (κ2) is 9.12. The van der Waals surface area contributed by atoms with E-state index in [1.165, 1.54) is 0 Å². The lowest BCUT2D eigenvalue weighted by atomic mass is 9.98. The first-order valence-corrected chi connectivity index (χ1v) is 8.77. The summed E-state index contributed by atoms with van der Waals surface area (Å²) in [5.41, 5.74) is 2.98. The molecule has 0 aliphatic carbocycles. The molecular formula is C22H27NO4. The maximum atomic E-state index is 13.1. The Bertz CT molecular complexity index is 840. The number of allylic oxidation sites excluding steroid dienone is 1. The SMILES string of the molecule is CC/C(=C\c1cc(OC)ccc1OC)C(=O)c1ccc(OC)c(N(C)C)c1. The minimum atomic E-state index is -0.0203. The van der Waals surface area contributed by atoms with E-state index in [4.69, 9.17) is 14.2 Å². The van der Waals surface area contributed by atoms with Gasteiger partial charge in [0.25, 0.3) is 0 Å². The molecular weight excluding hydrogens is 342 g/mol. The van der Waals surface area contributed by atoms with E-state index < -0.39 is 0 Å². The van der Waals surface area contributed by atoms with Crippen LogP contribution in [0.15, 0.2) is 42.0 Å². The number of ether oxygens (including phenoxy) is 3. The molecule has 0 heterocycles. The number of ketones is 1. The van der Waals surface area contributed by atoms with Gasteiger partial charge in [-0.1, -0.05) is 6.92 Å². The molecule has 0 amide bonds. The van der Waals surface area contributed by atoms with Crippen LogP contribution < -0.4 is 19.1 Å². The van der Waals surface area contributed by atoms with E-state index in [1.807, 2.05) is 62.3 Å². The fraction of sp³-hybridized carbons (Fsp3) is 0.318. The molecule has 0 atom stereocenters. The number of methoxy groups -OCH3 is 3. The lowest BCUT2D eigenvalue weighted by Crippen LogP contribution is -2.12. The Morgan fingerprint density at radius 1 is 0.963 bits per heavy atom. The number of rotatable bonds is 8. The fourth-order valence-corrected chi connectivity index (χ4v) is 2.83. The quantitative estimate of drug-likeness (QED) is 0.508. The molecule has 0 N–H and O–H groups in total. The van der Waals surface area contributed by atoms with Crippen LogP contribution in [0.4, 0.5) is 5.69 Å². The number of carbonyl (C=O) groups excluding carboxylic acids is 1. The molecule has 27 heavy (non-hydrogen) atoms. The molecule has 0 aliphatic heterocycles. The van der Waals surface area contributed by atoms with Gasteiger partial charge in [0.2, 0.25) is 0 Å². The monoisotopic (exact) mass is 369 g/mol. The molecule has 0 unspecified atom stereocenters. The summed E-state index contributed by atoms with van der Waals surface area (Å²) in [6, 6.07) is 11.0. The Kier molecular flexibility index (Phi) is 6.88. The van der Waals surface area contributed by atoms with E-state index in [1.54, 1.807) is 27.4 Å². The smallest absolute Gasteiger partial charge is 0.189 e. The summed E-state index contributed by atoms with van der Waals surface area (Å²) in [7, 11) is 8.69. The summed E-state index contributed by atoms with van der Waals surface area (Å²) in [6.07, 6.45) is 2.46. The standard InChI is InChI=1S/C22H27NO4/c1-7-15(12-17-13-18(25-4)9-11-20(17)26-5)22(24)16-8-10-21(27-6)19(14-16)23(2)3/h8-14H,7H2,1-6H3/b15-12+. The Balaban J connectivity index is 2.47. The van der Waals surface area contributed by atoms with Gasteiger partial charge < -0.3 is 19.1 Å². The Morgan fingerprint density at radius 2 is 1.63 bits per heavy atom. The topological polar surface area (TPSA) is 48.0 Å². The predicted octanol–water partition coefficient (Wildman–Crippen LogP) is 4.45. The van der Waals surface area contributed by atoms with Crippen molar-refractivity contribution in [3.8, 4) is 17.2 Å². The highest BCUT2D eigenvalue weighted by atomic mass is 16.5. The Hall–Kier alpha value is -2.95. The van der Waals surface area contributed by atoms with Crippen LogP contribution in [0.25, 0.3) is 6.08 Å². The summed E-state index contributed by atoms with van der Waals surface area (Å²) in [5.74, 6) is 2.11. The van der Waals surface area contributed by atoms with Crippen molar-refractivity contribution >= 4 is 17.5 Å². The highest BCUT2D eigenvalue weighted by Gasteiger charge is 2.15. The number of benzene rings is 2. The van der Waals surface area contributed by atoms with E-state index in [0.717, 1.165) is 17.0 Å². The second-order valence-corrected chi connectivity index (χ2v) is 6.24. The van der Waals surface area contributed by atoms with E-state index in [9.17, 15) is 4.79 Å². The number of nitrogens with zero attached hydrogens (tertiary/aromatic N) is 1. The van der Waals surface area contributed by atoms with E-state index in [-0.39, 0.29) is 5.78 Å². The van der Waals surface area contributed by atoms with Gasteiger partial charge in [0, 0.05) is 30.8 Å². The van der Waals surface area contributed by atoms with E-state index in [0.29, 0.717) is 29.1 Å². The van der Waals surface area contributed by atoms with Gasteiger partial charge in [-0.05, 0) is 48.9 Å².